The van der Waals surface area contributed by atoms with Gasteiger partial charge in [-0.2, -0.15) is 0 Å². The Morgan fingerprint density at radius 2 is 2.06 bits per heavy atom. The van der Waals surface area contributed by atoms with Crippen LogP contribution in [0.4, 0.5) is 0 Å². The first-order valence-corrected chi connectivity index (χ1v) is 6.07. The zero-order valence-corrected chi connectivity index (χ0v) is 10.9. The summed E-state index contributed by atoms with van der Waals surface area (Å²) in [6.45, 7) is 5.41. The Hall–Kier alpha value is -1.90. The summed E-state index contributed by atoms with van der Waals surface area (Å²) in [5.41, 5.74) is 3.46. The fourth-order valence-electron chi connectivity index (χ4n) is 2.12. The van der Waals surface area contributed by atoms with Crippen LogP contribution in [0.15, 0.2) is 18.2 Å². The van der Waals surface area contributed by atoms with Gasteiger partial charge in [0.2, 0.25) is 0 Å². The normalized spacial score (nSPS) is 10.8. The van der Waals surface area contributed by atoms with Gasteiger partial charge in [-0.05, 0) is 39.3 Å². The van der Waals surface area contributed by atoms with E-state index < -0.39 is 0 Å². The monoisotopic (exact) mass is 243 g/mol. The topological polar surface area (TPSA) is 50.2 Å². The van der Waals surface area contributed by atoms with Crippen LogP contribution in [-0.4, -0.2) is 15.9 Å². The van der Waals surface area contributed by atoms with E-state index in [1.165, 1.54) is 0 Å². The molecule has 2 rings (SSSR count). The third-order valence-electron chi connectivity index (χ3n) is 3.14. The molecule has 1 heterocycles. The van der Waals surface area contributed by atoms with Gasteiger partial charge in [0.1, 0.15) is 11.5 Å². The van der Waals surface area contributed by atoms with E-state index in [-0.39, 0.29) is 11.5 Å². The molecule has 2 aromatic rings. The number of benzene rings is 1. The lowest BCUT2D eigenvalue weighted by atomic mass is 10.0. The van der Waals surface area contributed by atoms with Crippen LogP contribution >= 0.6 is 0 Å². The zero-order chi connectivity index (χ0) is 13.3. The molecule has 3 nitrogen and oxygen atoms in total. The van der Waals surface area contributed by atoms with Crippen molar-refractivity contribution in [2.45, 2.75) is 33.6 Å². The van der Waals surface area contributed by atoms with Crippen molar-refractivity contribution in [1.29, 1.82) is 0 Å². The number of nitrogens with zero attached hydrogens (tertiary/aromatic N) is 1. The van der Waals surface area contributed by atoms with Crippen molar-refractivity contribution < 1.29 is 9.90 Å². The molecule has 0 saturated heterocycles. The Balaban J connectivity index is 2.56. The molecule has 0 bridgehead atoms. The van der Waals surface area contributed by atoms with E-state index in [4.69, 9.17) is 0 Å². The molecule has 94 valence electrons. The van der Waals surface area contributed by atoms with Gasteiger partial charge in [-0.3, -0.25) is 4.98 Å². The lowest BCUT2D eigenvalue weighted by Crippen LogP contribution is -1.99. The maximum absolute atomic E-state index is 11.1. The number of Topliss-reactive ketones (excluding diaryl/α,β-unsaturated/α-hetero) is 1. The highest BCUT2D eigenvalue weighted by Gasteiger charge is 2.12. The number of carbonyl (C=O) groups excluding carboxylic acids is 1. The van der Waals surface area contributed by atoms with Gasteiger partial charge < -0.3 is 9.90 Å². The van der Waals surface area contributed by atoms with Gasteiger partial charge in [0, 0.05) is 23.1 Å². The fourth-order valence-corrected chi connectivity index (χ4v) is 2.12. The van der Waals surface area contributed by atoms with E-state index in [0.717, 1.165) is 27.7 Å². The first-order valence-electron chi connectivity index (χ1n) is 6.07. The van der Waals surface area contributed by atoms with Crippen LogP contribution < -0.4 is 0 Å². The van der Waals surface area contributed by atoms with Crippen LogP contribution in [0.1, 0.15) is 30.2 Å². The van der Waals surface area contributed by atoms with E-state index in [9.17, 15) is 9.90 Å². The molecular formula is C15H17NO2. The number of carbonyl (C=O) groups is 1. The van der Waals surface area contributed by atoms with E-state index >= 15 is 0 Å². The summed E-state index contributed by atoms with van der Waals surface area (Å²) >= 11 is 0. The molecule has 0 amide bonds. The van der Waals surface area contributed by atoms with Gasteiger partial charge in [0.05, 0.1) is 5.52 Å². The summed E-state index contributed by atoms with van der Waals surface area (Å²) in [7, 11) is 0. The number of aromatic nitrogens is 1. The third-order valence-corrected chi connectivity index (χ3v) is 3.14. The number of ketones is 1. The predicted octanol–water partition coefficient (Wildman–Crippen LogP) is 3.08. The quantitative estimate of drug-likeness (QED) is 0.901. The minimum Gasteiger partial charge on any atom is -0.507 e. The first-order chi connectivity index (χ1) is 8.49. The van der Waals surface area contributed by atoms with E-state index in [1.54, 1.807) is 6.92 Å². The summed E-state index contributed by atoms with van der Waals surface area (Å²) in [5, 5.41) is 11.1. The summed E-state index contributed by atoms with van der Waals surface area (Å²) in [4.78, 5) is 15.5. The van der Waals surface area contributed by atoms with Crippen molar-refractivity contribution in [1.82, 2.24) is 4.98 Å². The van der Waals surface area contributed by atoms with Crippen molar-refractivity contribution in [2.75, 3.05) is 0 Å². The molecule has 0 atom stereocenters. The average Bonchev–Trinajstić information content (AvgIpc) is 2.30. The highest BCUT2D eigenvalue weighted by atomic mass is 16.3. The molecule has 0 fully saturated rings. The highest BCUT2D eigenvalue weighted by Crippen LogP contribution is 2.31. The standard InChI is InChI=1S/C15H17NO2/c1-9-4-7-14-13(8-9)15(18)12(11(3)16-14)6-5-10(2)17/h4,7-8H,5-6H2,1-3H3,(H,16,18). The molecule has 0 aliphatic heterocycles. The Bertz CT molecular complexity index is 617. The molecule has 1 N–H and O–H groups in total. The maximum Gasteiger partial charge on any atom is 0.130 e. The fraction of sp³-hybridized carbons (Fsp3) is 0.333. The average molecular weight is 243 g/mol. The summed E-state index contributed by atoms with van der Waals surface area (Å²) in [6.07, 6.45) is 0.983. The summed E-state index contributed by atoms with van der Waals surface area (Å²) in [5.74, 6) is 0.389. The van der Waals surface area contributed by atoms with Crippen LogP contribution in [0.25, 0.3) is 10.9 Å². The summed E-state index contributed by atoms with van der Waals surface area (Å²) < 4.78 is 0. The number of hydrogen-bond donors (Lipinski definition) is 1. The molecule has 1 aromatic carbocycles. The van der Waals surface area contributed by atoms with Gasteiger partial charge in [0.25, 0.3) is 0 Å². The van der Waals surface area contributed by atoms with Crippen LogP contribution in [0.2, 0.25) is 0 Å². The SMILES string of the molecule is CC(=O)CCc1c(C)nc2ccc(C)cc2c1O. The molecule has 0 unspecified atom stereocenters. The lowest BCUT2D eigenvalue weighted by molar-refractivity contribution is -0.116. The van der Waals surface area contributed by atoms with Crippen molar-refractivity contribution in [3.63, 3.8) is 0 Å². The predicted molar refractivity (Wildman–Crippen MR) is 71.9 cm³/mol. The van der Waals surface area contributed by atoms with Gasteiger partial charge in [-0.1, -0.05) is 11.6 Å². The van der Waals surface area contributed by atoms with Gasteiger partial charge in [-0.15, -0.1) is 0 Å². The Morgan fingerprint density at radius 3 is 2.72 bits per heavy atom. The van der Waals surface area contributed by atoms with Crippen LogP contribution in [0.3, 0.4) is 0 Å². The van der Waals surface area contributed by atoms with Gasteiger partial charge in [0.15, 0.2) is 0 Å². The largest absolute Gasteiger partial charge is 0.507 e. The molecule has 0 aliphatic rings. The van der Waals surface area contributed by atoms with Crippen LogP contribution in [-0.2, 0) is 11.2 Å². The Morgan fingerprint density at radius 1 is 1.33 bits per heavy atom. The number of hydrogen-bond acceptors (Lipinski definition) is 3. The molecular weight excluding hydrogens is 226 g/mol. The highest BCUT2D eigenvalue weighted by molar-refractivity contribution is 5.87. The van der Waals surface area contributed by atoms with Crippen molar-refractivity contribution in [3.05, 3.63) is 35.0 Å². The van der Waals surface area contributed by atoms with Gasteiger partial charge in [-0.25, -0.2) is 0 Å². The smallest absolute Gasteiger partial charge is 0.130 e. The van der Waals surface area contributed by atoms with Crippen LogP contribution in [0, 0.1) is 13.8 Å². The molecule has 0 spiro atoms. The second-order valence-corrected chi connectivity index (χ2v) is 4.75. The van der Waals surface area contributed by atoms with Crippen molar-refractivity contribution in [2.24, 2.45) is 0 Å². The number of aryl methyl sites for hydroxylation is 2. The van der Waals surface area contributed by atoms with Crippen molar-refractivity contribution in [3.8, 4) is 5.75 Å². The first kappa shape index (κ1) is 12.6. The minimum atomic E-state index is 0.123. The Labute approximate surface area is 106 Å². The summed E-state index contributed by atoms with van der Waals surface area (Å²) in [6, 6.07) is 5.81. The molecule has 3 heteroatoms. The number of fused-ring (bicyclic) bond motifs is 1. The van der Waals surface area contributed by atoms with Crippen LogP contribution in [0.5, 0.6) is 5.75 Å². The van der Waals surface area contributed by atoms with E-state index in [1.807, 2.05) is 32.0 Å². The molecule has 0 aliphatic carbocycles. The maximum atomic E-state index is 11.1. The second-order valence-electron chi connectivity index (χ2n) is 4.75. The van der Waals surface area contributed by atoms with E-state index in [2.05, 4.69) is 4.98 Å². The molecule has 18 heavy (non-hydrogen) atoms. The number of rotatable bonds is 3. The third kappa shape index (κ3) is 2.35. The minimum absolute atomic E-state index is 0.123. The lowest BCUT2D eigenvalue weighted by Gasteiger charge is -2.10. The Kier molecular flexibility index (Phi) is 3.32. The molecule has 0 radical (unpaired) electrons. The van der Waals surface area contributed by atoms with Crippen molar-refractivity contribution >= 4 is 16.7 Å². The number of pyridine rings is 1. The second kappa shape index (κ2) is 4.77. The number of aromatic hydroxyl groups is 1. The molecule has 1 aromatic heterocycles. The zero-order valence-electron chi connectivity index (χ0n) is 10.9. The van der Waals surface area contributed by atoms with Gasteiger partial charge >= 0.3 is 0 Å². The molecule has 0 saturated carbocycles. The van der Waals surface area contributed by atoms with E-state index in [0.29, 0.717) is 12.8 Å².